The Bertz CT molecular complexity index is 558. The lowest BCUT2D eigenvalue weighted by molar-refractivity contribution is 0.299. The molecule has 0 saturated carbocycles. The quantitative estimate of drug-likeness (QED) is 0.592. The van der Waals surface area contributed by atoms with E-state index in [4.69, 9.17) is 4.74 Å². The van der Waals surface area contributed by atoms with E-state index < -0.39 is 8.07 Å². The monoisotopic (exact) mass is 302 g/mol. The molecular weight excluding hydrogens is 280 g/mol. The second-order valence-electron chi connectivity index (χ2n) is 5.89. The van der Waals surface area contributed by atoms with Crippen LogP contribution in [-0.2, 0) is 6.61 Å². The fraction of sp³-hybridized carbons (Fsp3) is 0.294. The van der Waals surface area contributed by atoms with E-state index in [1.807, 2.05) is 18.2 Å². The van der Waals surface area contributed by atoms with E-state index >= 15 is 0 Å². The maximum Gasteiger partial charge on any atom is 0.133 e. The van der Waals surface area contributed by atoms with Crippen LogP contribution in [0.2, 0.25) is 19.6 Å². The first kappa shape index (κ1) is 15.2. The van der Waals surface area contributed by atoms with Crippen LogP contribution in [0.15, 0.2) is 53.4 Å². The number of hydrogen-bond donors (Lipinski definition) is 0. The SMILES string of the molecule is CSc1ccccc1OCc1ccc([Si](C)(C)C)cc1. The van der Waals surface area contributed by atoms with Gasteiger partial charge in [0, 0.05) is 4.90 Å². The van der Waals surface area contributed by atoms with Gasteiger partial charge in [-0.25, -0.2) is 0 Å². The van der Waals surface area contributed by atoms with E-state index in [2.05, 4.69) is 56.2 Å². The number of hydrogen-bond acceptors (Lipinski definition) is 2. The van der Waals surface area contributed by atoms with Crippen molar-refractivity contribution in [2.75, 3.05) is 6.26 Å². The maximum absolute atomic E-state index is 5.93. The molecule has 2 aromatic carbocycles. The van der Waals surface area contributed by atoms with Crippen molar-refractivity contribution in [1.29, 1.82) is 0 Å². The highest BCUT2D eigenvalue weighted by Crippen LogP contribution is 2.27. The normalized spacial score (nSPS) is 11.4. The molecule has 0 unspecified atom stereocenters. The van der Waals surface area contributed by atoms with Crippen molar-refractivity contribution in [2.24, 2.45) is 0 Å². The fourth-order valence-corrected chi connectivity index (χ4v) is 3.71. The zero-order valence-electron chi connectivity index (χ0n) is 12.6. The van der Waals surface area contributed by atoms with Crippen molar-refractivity contribution in [3.63, 3.8) is 0 Å². The first-order valence-electron chi connectivity index (χ1n) is 6.86. The molecule has 2 rings (SSSR count). The van der Waals surface area contributed by atoms with Gasteiger partial charge in [0.25, 0.3) is 0 Å². The van der Waals surface area contributed by atoms with Crippen LogP contribution >= 0.6 is 11.8 Å². The Morgan fingerprint density at radius 3 is 2.20 bits per heavy atom. The summed E-state index contributed by atoms with van der Waals surface area (Å²) in [4.78, 5) is 1.19. The number of ether oxygens (including phenoxy) is 1. The first-order valence-corrected chi connectivity index (χ1v) is 11.6. The Kier molecular flexibility index (Phi) is 4.94. The summed E-state index contributed by atoms with van der Waals surface area (Å²) >= 11 is 1.72. The van der Waals surface area contributed by atoms with Gasteiger partial charge >= 0.3 is 0 Å². The summed E-state index contributed by atoms with van der Waals surface area (Å²) in [5.41, 5.74) is 1.22. The van der Waals surface area contributed by atoms with Gasteiger partial charge in [0.1, 0.15) is 12.4 Å². The molecule has 0 radical (unpaired) electrons. The molecule has 0 atom stereocenters. The molecule has 0 fully saturated rings. The van der Waals surface area contributed by atoms with E-state index in [1.165, 1.54) is 15.6 Å². The van der Waals surface area contributed by atoms with Gasteiger partial charge in [-0.05, 0) is 24.0 Å². The molecule has 0 saturated heterocycles. The molecule has 1 nitrogen and oxygen atoms in total. The van der Waals surface area contributed by atoms with E-state index in [0.29, 0.717) is 6.61 Å². The Morgan fingerprint density at radius 2 is 1.60 bits per heavy atom. The summed E-state index contributed by atoms with van der Waals surface area (Å²) in [5.74, 6) is 0.967. The summed E-state index contributed by atoms with van der Waals surface area (Å²) in [5, 5.41) is 1.49. The molecule has 0 bridgehead atoms. The Hall–Kier alpha value is -1.19. The van der Waals surface area contributed by atoms with Crippen LogP contribution < -0.4 is 9.92 Å². The van der Waals surface area contributed by atoms with Gasteiger partial charge in [0.05, 0.1) is 8.07 Å². The minimum atomic E-state index is -1.20. The van der Waals surface area contributed by atoms with E-state index in [0.717, 1.165) is 5.75 Å². The Labute approximate surface area is 127 Å². The standard InChI is InChI=1S/C17H22OSSi/c1-19-17-8-6-5-7-16(17)18-13-14-9-11-15(12-10-14)20(2,3)4/h5-12H,13H2,1-4H3. The largest absolute Gasteiger partial charge is 0.488 e. The predicted molar refractivity (Wildman–Crippen MR) is 92.0 cm³/mol. The minimum Gasteiger partial charge on any atom is -0.488 e. The van der Waals surface area contributed by atoms with E-state index in [1.54, 1.807) is 11.8 Å². The molecule has 2 aromatic rings. The van der Waals surface area contributed by atoms with Crippen LogP contribution in [0.1, 0.15) is 5.56 Å². The number of thioether (sulfide) groups is 1. The number of benzene rings is 2. The Morgan fingerprint density at radius 1 is 0.950 bits per heavy atom. The molecule has 0 N–H and O–H groups in total. The average Bonchev–Trinajstić information content (AvgIpc) is 2.45. The van der Waals surface area contributed by atoms with Crippen molar-refractivity contribution in [3.8, 4) is 5.75 Å². The lowest BCUT2D eigenvalue weighted by atomic mass is 10.2. The molecular formula is C17H22OSSi. The van der Waals surface area contributed by atoms with Crippen molar-refractivity contribution < 1.29 is 4.74 Å². The first-order chi connectivity index (χ1) is 9.50. The third kappa shape index (κ3) is 3.90. The molecule has 106 valence electrons. The predicted octanol–water partition coefficient (Wildman–Crippen LogP) is 4.53. The highest BCUT2D eigenvalue weighted by atomic mass is 32.2. The average molecular weight is 303 g/mol. The number of rotatable bonds is 5. The summed E-state index contributed by atoms with van der Waals surface area (Å²) in [6.45, 7) is 7.73. The zero-order chi connectivity index (χ0) is 14.6. The van der Waals surface area contributed by atoms with E-state index in [-0.39, 0.29) is 0 Å². The summed E-state index contributed by atoms with van der Waals surface area (Å²) in [6.07, 6.45) is 2.07. The lowest BCUT2D eigenvalue weighted by Gasteiger charge is -2.17. The second kappa shape index (κ2) is 6.51. The highest BCUT2D eigenvalue weighted by Gasteiger charge is 2.15. The van der Waals surface area contributed by atoms with Crippen LogP contribution in [0, 0.1) is 0 Å². The summed E-state index contributed by atoms with van der Waals surface area (Å²) in [7, 11) is -1.20. The lowest BCUT2D eigenvalue weighted by Crippen LogP contribution is -2.37. The number of para-hydroxylation sites is 1. The third-order valence-electron chi connectivity index (χ3n) is 3.28. The van der Waals surface area contributed by atoms with Gasteiger partial charge in [0.2, 0.25) is 0 Å². The van der Waals surface area contributed by atoms with Crippen LogP contribution in [0.5, 0.6) is 5.75 Å². The topological polar surface area (TPSA) is 9.23 Å². The van der Waals surface area contributed by atoms with Gasteiger partial charge in [-0.2, -0.15) is 0 Å². The van der Waals surface area contributed by atoms with Crippen molar-refractivity contribution in [3.05, 3.63) is 54.1 Å². The molecule has 3 heteroatoms. The van der Waals surface area contributed by atoms with Gasteiger partial charge in [0.15, 0.2) is 0 Å². The van der Waals surface area contributed by atoms with Crippen LogP contribution in [0.3, 0.4) is 0 Å². The van der Waals surface area contributed by atoms with Crippen molar-refractivity contribution in [2.45, 2.75) is 31.1 Å². The van der Waals surface area contributed by atoms with Crippen molar-refractivity contribution >= 4 is 25.0 Å². The Balaban J connectivity index is 2.04. The van der Waals surface area contributed by atoms with Crippen LogP contribution in [0.4, 0.5) is 0 Å². The smallest absolute Gasteiger partial charge is 0.133 e. The highest BCUT2D eigenvalue weighted by molar-refractivity contribution is 7.98. The van der Waals surface area contributed by atoms with Gasteiger partial charge in [-0.1, -0.05) is 61.2 Å². The molecule has 0 amide bonds. The van der Waals surface area contributed by atoms with Gasteiger partial charge in [-0.3, -0.25) is 0 Å². The van der Waals surface area contributed by atoms with Gasteiger partial charge < -0.3 is 4.74 Å². The zero-order valence-corrected chi connectivity index (χ0v) is 14.5. The van der Waals surface area contributed by atoms with Crippen LogP contribution in [-0.4, -0.2) is 14.3 Å². The molecule has 0 aliphatic carbocycles. The van der Waals surface area contributed by atoms with Crippen LogP contribution in [0.25, 0.3) is 0 Å². The fourth-order valence-electron chi connectivity index (χ4n) is 2.00. The maximum atomic E-state index is 5.93. The molecule has 0 spiro atoms. The molecule has 0 heterocycles. The molecule has 0 aliphatic rings. The van der Waals surface area contributed by atoms with E-state index in [9.17, 15) is 0 Å². The summed E-state index contributed by atoms with van der Waals surface area (Å²) < 4.78 is 5.93. The van der Waals surface area contributed by atoms with Gasteiger partial charge in [-0.15, -0.1) is 11.8 Å². The third-order valence-corrected chi connectivity index (χ3v) is 6.13. The molecule has 20 heavy (non-hydrogen) atoms. The molecule has 0 aromatic heterocycles. The van der Waals surface area contributed by atoms with Crippen molar-refractivity contribution in [1.82, 2.24) is 0 Å². The molecule has 0 aliphatic heterocycles. The minimum absolute atomic E-state index is 0.629. The summed E-state index contributed by atoms with van der Waals surface area (Å²) in [6, 6.07) is 17.1. The second-order valence-corrected chi connectivity index (χ2v) is 11.8.